The van der Waals surface area contributed by atoms with Gasteiger partial charge in [0.05, 0.1) is 6.04 Å². The van der Waals surface area contributed by atoms with Crippen LogP contribution in [0.1, 0.15) is 40.4 Å². The summed E-state index contributed by atoms with van der Waals surface area (Å²) in [5.41, 5.74) is 2.80. The Kier molecular flexibility index (Phi) is 6.91. The predicted octanol–water partition coefficient (Wildman–Crippen LogP) is 5.44. The maximum Gasteiger partial charge on any atom is 0.253 e. The van der Waals surface area contributed by atoms with E-state index in [4.69, 9.17) is 11.6 Å². The zero-order chi connectivity index (χ0) is 22.5. The molecule has 0 saturated carbocycles. The average molecular weight is 447 g/mol. The SMILES string of the molecule is CN(C(=O)C1CCN(C(=O)c2ccc(Cl)cc2)CC1)C(c1ccccc1)c1ccccc1. The van der Waals surface area contributed by atoms with Crippen LogP contribution in [0, 0.1) is 5.92 Å². The van der Waals surface area contributed by atoms with Gasteiger partial charge in [0, 0.05) is 36.6 Å². The first kappa shape index (κ1) is 22.1. The second-order valence-corrected chi connectivity index (χ2v) is 8.68. The molecule has 0 radical (unpaired) electrons. The standard InChI is InChI=1S/C27H27ClN2O2/c1-29(25(20-8-4-2-5-9-20)21-10-6-3-7-11-21)26(31)23-16-18-30(19-17-23)27(32)22-12-14-24(28)15-13-22/h2-15,23,25H,16-19H2,1H3. The van der Waals surface area contributed by atoms with Crippen LogP contribution >= 0.6 is 11.6 Å². The molecule has 5 heteroatoms. The molecule has 1 aliphatic heterocycles. The summed E-state index contributed by atoms with van der Waals surface area (Å²) >= 11 is 5.93. The summed E-state index contributed by atoms with van der Waals surface area (Å²) in [6, 6.07) is 27.1. The van der Waals surface area contributed by atoms with Gasteiger partial charge in [0.2, 0.25) is 5.91 Å². The monoisotopic (exact) mass is 446 g/mol. The van der Waals surface area contributed by atoms with E-state index in [0.29, 0.717) is 36.5 Å². The van der Waals surface area contributed by atoms with Gasteiger partial charge < -0.3 is 9.80 Å². The Morgan fingerprint density at radius 2 is 1.34 bits per heavy atom. The number of benzene rings is 3. The van der Waals surface area contributed by atoms with E-state index in [-0.39, 0.29) is 23.8 Å². The number of carbonyl (C=O) groups is 2. The Labute approximate surface area is 194 Å². The molecule has 0 atom stereocenters. The van der Waals surface area contributed by atoms with Crippen molar-refractivity contribution in [3.8, 4) is 0 Å². The van der Waals surface area contributed by atoms with E-state index < -0.39 is 0 Å². The zero-order valence-corrected chi connectivity index (χ0v) is 18.9. The lowest BCUT2D eigenvalue weighted by molar-refractivity contribution is -0.137. The van der Waals surface area contributed by atoms with Gasteiger partial charge in [-0.15, -0.1) is 0 Å². The van der Waals surface area contributed by atoms with Crippen molar-refractivity contribution in [2.24, 2.45) is 5.92 Å². The number of halogens is 1. The number of amides is 2. The van der Waals surface area contributed by atoms with Gasteiger partial charge in [-0.1, -0.05) is 72.3 Å². The van der Waals surface area contributed by atoms with E-state index in [9.17, 15) is 9.59 Å². The molecule has 32 heavy (non-hydrogen) atoms. The van der Waals surface area contributed by atoms with Crippen molar-refractivity contribution in [3.05, 3.63) is 107 Å². The minimum Gasteiger partial charge on any atom is -0.339 e. The van der Waals surface area contributed by atoms with Gasteiger partial charge in [-0.05, 0) is 48.2 Å². The molecular weight excluding hydrogens is 420 g/mol. The van der Waals surface area contributed by atoms with Crippen LogP contribution in [0.5, 0.6) is 0 Å². The lowest BCUT2D eigenvalue weighted by Gasteiger charge is -2.36. The zero-order valence-electron chi connectivity index (χ0n) is 18.2. The van der Waals surface area contributed by atoms with Gasteiger partial charge in [0.1, 0.15) is 0 Å². The highest BCUT2D eigenvalue weighted by Crippen LogP contribution is 2.31. The van der Waals surface area contributed by atoms with Gasteiger partial charge in [-0.25, -0.2) is 0 Å². The van der Waals surface area contributed by atoms with Crippen LogP contribution in [-0.2, 0) is 4.79 Å². The largest absolute Gasteiger partial charge is 0.339 e. The van der Waals surface area contributed by atoms with Crippen LogP contribution in [0.15, 0.2) is 84.9 Å². The van der Waals surface area contributed by atoms with Crippen molar-refractivity contribution < 1.29 is 9.59 Å². The summed E-state index contributed by atoms with van der Waals surface area (Å²) in [4.78, 5) is 30.0. The van der Waals surface area contributed by atoms with Gasteiger partial charge in [-0.2, -0.15) is 0 Å². The van der Waals surface area contributed by atoms with Gasteiger partial charge in [0.25, 0.3) is 5.91 Å². The third-order valence-electron chi connectivity index (χ3n) is 6.19. The smallest absolute Gasteiger partial charge is 0.253 e. The van der Waals surface area contributed by atoms with Crippen LogP contribution in [0.3, 0.4) is 0 Å². The first-order valence-electron chi connectivity index (χ1n) is 11.0. The molecule has 2 amide bonds. The molecule has 0 N–H and O–H groups in total. The number of nitrogens with zero attached hydrogens (tertiary/aromatic N) is 2. The van der Waals surface area contributed by atoms with Crippen molar-refractivity contribution in [2.75, 3.05) is 20.1 Å². The molecule has 0 aliphatic carbocycles. The van der Waals surface area contributed by atoms with E-state index >= 15 is 0 Å². The number of piperidine rings is 1. The summed E-state index contributed by atoms with van der Waals surface area (Å²) in [6.45, 7) is 1.15. The number of likely N-dealkylation sites (tertiary alicyclic amines) is 1. The predicted molar refractivity (Wildman–Crippen MR) is 128 cm³/mol. The van der Waals surface area contributed by atoms with Crippen molar-refractivity contribution >= 4 is 23.4 Å². The van der Waals surface area contributed by atoms with Crippen LogP contribution < -0.4 is 0 Å². The first-order chi connectivity index (χ1) is 15.5. The molecule has 1 saturated heterocycles. The molecule has 0 unspecified atom stereocenters. The Bertz CT molecular complexity index is 1010. The molecule has 0 bridgehead atoms. The summed E-state index contributed by atoms with van der Waals surface area (Å²) in [6.07, 6.45) is 1.33. The first-order valence-corrected chi connectivity index (χ1v) is 11.3. The lowest BCUT2D eigenvalue weighted by atomic mass is 9.92. The molecular formula is C27H27ClN2O2. The molecule has 1 fully saturated rings. The van der Waals surface area contributed by atoms with E-state index in [1.807, 2.05) is 53.2 Å². The van der Waals surface area contributed by atoms with Gasteiger partial charge >= 0.3 is 0 Å². The van der Waals surface area contributed by atoms with Crippen molar-refractivity contribution in [1.82, 2.24) is 9.80 Å². The minimum absolute atomic E-state index is 0.00707. The Hall–Kier alpha value is -3.11. The van der Waals surface area contributed by atoms with Crippen molar-refractivity contribution in [3.63, 3.8) is 0 Å². The van der Waals surface area contributed by atoms with Crippen molar-refractivity contribution in [1.29, 1.82) is 0 Å². The minimum atomic E-state index is -0.140. The normalized spacial score (nSPS) is 14.4. The molecule has 3 aromatic carbocycles. The molecule has 1 heterocycles. The van der Waals surface area contributed by atoms with Crippen molar-refractivity contribution in [2.45, 2.75) is 18.9 Å². The summed E-state index contributed by atoms with van der Waals surface area (Å²) in [7, 11) is 1.89. The van der Waals surface area contributed by atoms with Crippen LogP contribution in [0.4, 0.5) is 0 Å². The van der Waals surface area contributed by atoms with Crippen LogP contribution in [0.2, 0.25) is 5.02 Å². The third kappa shape index (κ3) is 4.86. The van der Waals surface area contributed by atoms with E-state index in [1.165, 1.54) is 0 Å². The molecule has 0 spiro atoms. The number of hydrogen-bond acceptors (Lipinski definition) is 2. The number of carbonyl (C=O) groups excluding carboxylic acids is 2. The second-order valence-electron chi connectivity index (χ2n) is 8.25. The Balaban J connectivity index is 1.45. The average Bonchev–Trinajstić information content (AvgIpc) is 2.85. The highest BCUT2D eigenvalue weighted by molar-refractivity contribution is 6.30. The summed E-state index contributed by atoms with van der Waals surface area (Å²) < 4.78 is 0. The quantitative estimate of drug-likeness (QED) is 0.523. The topological polar surface area (TPSA) is 40.6 Å². The van der Waals surface area contributed by atoms with Crippen LogP contribution in [0.25, 0.3) is 0 Å². The Morgan fingerprint density at radius 3 is 1.84 bits per heavy atom. The molecule has 3 aromatic rings. The van der Waals surface area contributed by atoms with E-state index in [2.05, 4.69) is 24.3 Å². The van der Waals surface area contributed by atoms with E-state index in [1.54, 1.807) is 24.3 Å². The fourth-order valence-electron chi connectivity index (χ4n) is 4.43. The second kappa shape index (κ2) is 10.0. The number of rotatable bonds is 5. The molecule has 164 valence electrons. The summed E-state index contributed by atoms with van der Waals surface area (Å²) in [5.74, 6) is 0.0258. The number of hydrogen-bond donors (Lipinski definition) is 0. The maximum atomic E-state index is 13.5. The molecule has 0 aromatic heterocycles. The lowest BCUT2D eigenvalue weighted by Crippen LogP contribution is -2.44. The van der Waals surface area contributed by atoms with Gasteiger partial charge in [-0.3, -0.25) is 9.59 Å². The highest BCUT2D eigenvalue weighted by Gasteiger charge is 2.32. The molecule has 4 rings (SSSR count). The van der Waals surface area contributed by atoms with E-state index in [0.717, 1.165) is 11.1 Å². The maximum absolute atomic E-state index is 13.5. The summed E-state index contributed by atoms with van der Waals surface area (Å²) in [5, 5.41) is 0.611. The molecule has 4 nitrogen and oxygen atoms in total. The fourth-order valence-corrected chi connectivity index (χ4v) is 4.56. The van der Waals surface area contributed by atoms with Gasteiger partial charge in [0.15, 0.2) is 0 Å². The molecule has 1 aliphatic rings. The highest BCUT2D eigenvalue weighted by atomic mass is 35.5. The Morgan fingerprint density at radius 1 is 0.844 bits per heavy atom. The van der Waals surface area contributed by atoms with Crippen LogP contribution in [-0.4, -0.2) is 41.8 Å². The fraction of sp³-hybridized carbons (Fsp3) is 0.259. The third-order valence-corrected chi connectivity index (χ3v) is 6.44.